The van der Waals surface area contributed by atoms with Crippen molar-refractivity contribution in [1.82, 2.24) is 14.9 Å². The molecule has 164 valence electrons. The van der Waals surface area contributed by atoms with Gasteiger partial charge in [-0.15, -0.1) is 0 Å². The summed E-state index contributed by atoms with van der Waals surface area (Å²) in [6, 6.07) is 8.10. The molecule has 30 heavy (non-hydrogen) atoms. The number of benzene rings is 1. The molecule has 2 aromatic rings. The Bertz CT molecular complexity index is 887. The van der Waals surface area contributed by atoms with Crippen molar-refractivity contribution in [2.75, 3.05) is 23.7 Å². The van der Waals surface area contributed by atoms with Crippen molar-refractivity contribution in [3.63, 3.8) is 0 Å². The number of anilines is 2. The van der Waals surface area contributed by atoms with Crippen molar-refractivity contribution in [2.45, 2.75) is 65.3 Å². The zero-order valence-corrected chi connectivity index (χ0v) is 18.3. The molecular weight excluding hydrogens is 382 g/mol. The van der Waals surface area contributed by atoms with Gasteiger partial charge in [-0.1, -0.05) is 24.3 Å². The number of hydrogen-bond donors (Lipinski definition) is 3. The van der Waals surface area contributed by atoms with Crippen molar-refractivity contribution in [3.8, 4) is 0 Å². The summed E-state index contributed by atoms with van der Waals surface area (Å²) in [5.74, 6) is 1.05. The molecule has 0 spiro atoms. The number of amides is 1. The summed E-state index contributed by atoms with van der Waals surface area (Å²) in [4.78, 5) is 18.9. The Morgan fingerprint density at radius 2 is 2.10 bits per heavy atom. The summed E-state index contributed by atoms with van der Waals surface area (Å²) in [5.41, 5.74) is 8.51. The van der Waals surface area contributed by atoms with E-state index in [9.17, 15) is 9.90 Å². The molecule has 0 aliphatic carbocycles. The largest absolute Gasteiger partial charge is 0.444 e. The summed E-state index contributed by atoms with van der Waals surface area (Å²) in [6.07, 6.45) is 1.37. The molecule has 1 aliphatic heterocycles. The van der Waals surface area contributed by atoms with Gasteiger partial charge in [0, 0.05) is 19.1 Å². The average molecular weight is 416 g/mol. The van der Waals surface area contributed by atoms with Gasteiger partial charge in [-0.05, 0) is 51.7 Å². The number of nitrogens with zero attached hydrogens (tertiary/aromatic N) is 3. The number of imidazole rings is 1. The second-order valence-corrected chi connectivity index (χ2v) is 8.85. The number of ether oxygens (including phenoxy) is 1. The van der Waals surface area contributed by atoms with Crippen LogP contribution >= 0.6 is 0 Å². The molecule has 2 heterocycles. The number of aliphatic hydroxyl groups is 1. The molecule has 1 aliphatic rings. The average Bonchev–Trinajstić information content (AvgIpc) is 2.97. The molecule has 8 nitrogen and oxygen atoms in total. The van der Waals surface area contributed by atoms with Crippen molar-refractivity contribution in [1.29, 1.82) is 0 Å². The van der Waals surface area contributed by atoms with E-state index in [1.54, 1.807) is 0 Å². The quantitative estimate of drug-likeness (QED) is 0.693. The van der Waals surface area contributed by atoms with Gasteiger partial charge in [0.05, 0.1) is 18.8 Å². The van der Waals surface area contributed by atoms with Gasteiger partial charge >= 0.3 is 6.09 Å². The number of nitrogens with one attached hydrogen (secondary N) is 1. The van der Waals surface area contributed by atoms with Gasteiger partial charge < -0.3 is 30.4 Å². The Morgan fingerprint density at radius 3 is 2.77 bits per heavy atom. The Balaban J connectivity index is 1.81. The first-order valence-corrected chi connectivity index (χ1v) is 10.4. The lowest BCUT2D eigenvalue weighted by Gasteiger charge is -2.34. The van der Waals surface area contributed by atoms with Crippen LogP contribution in [-0.2, 0) is 17.9 Å². The molecule has 0 bridgehead atoms. The zero-order valence-electron chi connectivity index (χ0n) is 18.3. The topological polar surface area (TPSA) is 106 Å². The van der Waals surface area contributed by atoms with Gasteiger partial charge in [0.25, 0.3) is 0 Å². The van der Waals surface area contributed by atoms with E-state index in [1.165, 1.54) is 5.56 Å². The van der Waals surface area contributed by atoms with Gasteiger partial charge in [-0.25, -0.2) is 4.79 Å². The van der Waals surface area contributed by atoms with Crippen LogP contribution in [0.1, 0.15) is 50.4 Å². The Kier molecular flexibility index (Phi) is 6.55. The molecular formula is C22H33N5O3. The number of carbonyl (C=O) groups excluding carboxylic acids is 1. The maximum Gasteiger partial charge on any atom is 0.407 e. The Labute approximate surface area is 178 Å². The minimum absolute atomic E-state index is 0.0454. The summed E-state index contributed by atoms with van der Waals surface area (Å²) in [7, 11) is 0. The molecule has 4 N–H and O–H groups in total. The fraction of sp³-hybridized carbons (Fsp3) is 0.545. The van der Waals surface area contributed by atoms with E-state index in [1.807, 2.05) is 37.5 Å². The van der Waals surface area contributed by atoms with Crippen LogP contribution < -0.4 is 16.0 Å². The molecule has 1 aromatic heterocycles. The van der Waals surface area contributed by atoms with Crippen molar-refractivity contribution in [2.24, 2.45) is 0 Å². The normalized spacial score (nSPS) is 17.1. The summed E-state index contributed by atoms with van der Waals surface area (Å²) in [6.45, 7) is 9.41. The number of alkyl carbamates (subject to hydrolysis) is 1. The fourth-order valence-corrected chi connectivity index (χ4v) is 3.77. The highest BCUT2D eigenvalue weighted by molar-refractivity contribution is 5.68. The molecule has 1 atom stereocenters. The molecule has 8 heteroatoms. The molecule has 1 amide bonds. The minimum atomic E-state index is -0.535. The van der Waals surface area contributed by atoms with E-state index in [-0.39, 0.29) is 12.6 Å². The standard InChI is InChI=1S/C22H33N5O3/c1-15-8-5-6-9-16(15)12-27-18(14-28)19(23)25-20(27)26-11-7-10-17(13-26)24-21(29)30-22(2,3)4/h5-6,8-9,17,28H,7,10-14,23H2,1-4H3,(H,24,29)/t17-/m1/s1. The van der Waals surface area contributed by atoms with E-state index in [2.05, 4.69) is 34.3 Å². The summed E-state index contributed by atoms with van der Waals surface area (Å²) in [5, 5.41) is 12.9. The smallest absolute Gasteiger partial charge is 0.407 e. The van der Waals surface area contributed by atoms with Gasteiger partial charge in [0.1, 0.15) is 11.4 Å². The SMILES string of the molecule is Cc1ccccc1Cn1c(N2CCC[C@@H](NC(=O)OC(C)(C)C)C2)nc(N)c1CO. The van der Waals surface area contributed by atoms with E-state index < -0.39 is 11.7 Å². The zero-order chi connectivity index (χ0) is 21.9. The lowest BCUT2D eigenvalue weighted by Crippen LogP contribution is -2.49. The van der Waals surface area contributed by atoms with Gasteiger partial charge in [0.2, 0.25) is 5.95 Å². The molecule has 0 saturated carbocycles. The van der Waals surface area contributed by atoms with Gasteiger partial charge in [0.15, 0.2) is 0 Å². The van der Waals surface area contributed by atoms with Crippen molar-refractivity contribution in [3.05, 3.63) is 41.1 Å². The molecule has 3 rings (SSSR count). The van der Waals surface area contributed by atoms with Crippen molar-refractivity contribution >= 4 is 17.9 Å². The third-order valence-electron chi connectivity index (χ3n) is 5.25. The Hall–Kier alpha value is -2.74. The highest BCUT2D eigenvalue weighted by atomic mass is 16.6. The van der Waals surface area contributed by atoms with Crippen LogP contribution in [0.5, 0.6) is 0 Å². The van der Waals surface area contributed by atoms with E-state index in [0.29, 0.717) is 24.6 Å². The number of hydrogen-bond acceptors (Lipinski definition) is 6. The second kappa shape index (κ2) is 8.95. The molecule has 0 unspecified atom stereocenters. The molecule has 1 aromatic carbocycles. The predicted molar refractivity (Wildman–Crippen MR) is 117 cm³/mol. The number of aryl methyl sites for hydroxylation is 1. The number of nitrogens with two attached hydrogens (primary N) is 1. The third kappa shape index (κ3) is 5.24. The van der Waals surface area contributed by atoms with Crippen LogP contribution in [0.15, 0.2) is 24.3 Å². The first-order chi connectivity index (χ1) is 14.2. The first kappa shape index (κ1) is 22.0. The third-order valence-corrected chi connectivity index (χ3v) is 5.25. The first-order valence-electron chi connectivity index (χ1n) is 10.4. The number of carbonyl (C=O) groups is 1. The van der Waals surface area contributed by atoms with Crippen LogP contribution in [0, 0.1) is 6.92 Å². The maximum atomic E-state index is 12.2. The monoisotopic (exact) mass is 415 g/mol. The maximum absolute atomic E-state index is 12.2. The van der Waals surface area contributed by atoms with Crippen LogP contribution in [-0.4, -0.2) is 45.5 Å². The van der Waals surface area contributed by atoms with Gasteiger partial charge in [-0.3, -0.25) is 0 Å². The fourth-order valence-electron chi connectivity index (χ4n) is 3.77. The predicted octanol–water partition coefficient (Wildman–Crippen LogP) is 2.81. The molecule has 0 radical (unpaired) electrons. The lowest BCUT2D eigenvalue weighted by atomic mass is 10.1. The second-order valence-electron chi connectivity index (χ2n) is 8.85. The van der Waals surface area contributed by atoms with E-state index in [4.69, 9.17) is 10.5 Å². The van der Waals surface area contributed by atoms with Crippen LogP contribution in [0.3, 0.4) is 0 Å². The van der Waals surface area contributed by atoms with Crippen LogP contribution in [0.25, 0.3) is 0 Å². The number of aromatic nitrogens is 2. The number of nitrogen functional groups attached to an aromatic ring is 1. The Morgan fingerprint density at radius 1 is 1.37 bits per heavy atom. The van der Waals surface area contributed by atoms with Crippen LogP contribution in [0.2, 0.25) is 0 Å². The highest BCUT2D eigenvalue weighted by Crippen LogP contribution is 2.27. The summed E-state index contributed by atoms with van der Waals surface area (Å²) < 4.78 is 7.38. The van der Waals surface area contributed by atoms with E-state index in [0.717, 1.165) is 30.9 Å². The number of piperidine rings is 1. The summed E-state index contributed by atoms with van der Waals surface area (Å²) >= 11 is 0. The van der Waals surface area contributed by atoms with E-state index >= 15 is 0 Å². The molecule has 1 saturated heterocycles. The molecule has 1 fully saturated rings. The van der Waals surface area contributed by atoms with Crippen LogP contribution in [0.4, 0.5) is 16.6 Å². The van der Waals surface area contributed by atoms with Crippen molar-refractivity contribution < 1.29 is 14.6 Å². The number of rotatable bonds is 5. The van der Waals surface area contributed by atoms with Gasteiger partial charge in [-0.2, -0.15) is 4.98 Å². The lowest BCUT2D eigenvalue weighted by molar-refractivity contribution is 0.0500. The number of aliphatic hydroxyl groups excluding tert-OH is 1. The minimum Gasteiger partial charge on any atom is -0.444 e. The highest BCUT2D eigenvalue weighted by Gasteiger charge is 2.28.